The van der Waals surface area contributed by atoms with Crippen LogP contribution in [-0.2, 0) is 32.4 Å². The van der Waals surface area contributed by atoms with Crippen LogP contribution in [0.2, 0.25) is 0 Å². The van der Waals surface area contributed by atoms with Gasteiger partial charge in [0.25, 0.3) is 5.91 Å². The normalized spacial score (nSPS) is 20.9. The molecule has 0 radical (unpaired) electrons. The highest BCUT2D eigenvalue weighted by atomic mass is 79.9. The predicted molar refractivity (Wildman–Crippen MR) is 193 cm³/mol. The molecule has 2 N–H and O–H groups in total. The number of benzene rings is 2. The van der Waals surface area contributed by atoms with Gasteiger partial charge in [-0.25, -0.2) is 22.3 Å². The quantitative estimate of drug-likeness (QED) is 0.383. The van der Waals surface area contributed by atoms with E-state index in [9.17, 15) is 27.9 Å². The lowest BCUT2D eigenvalue weighted by Crippen LogP contribution is -2.52. The number of ether oxygens (including phenoxy) is 1. The van der Waals surface area contributed by atoms with E-state index in [2.05, 4.69) is 21.2 Å². The van der Waals surface area contributed by atoms with Gasteiger partial charge in [0.15, 0.2) is 6.10 Å². The maximum Gasteiger partial charge on any atom is 0.410 e. The maximum atomic E-state index is 14.0. The van der Waals surface area contributed by atoms with Crippen LogP contribution in [0, 0.1) is 11.8 Å². The Morgan fingerprint density at radius 3 is 2.22 bits per heavy atom. The summed E-state index contributed by atoms with van der Waals surface area (Å²) in [6.45, 7) is 5.32. The number of para-hydroxylation sites is 1. The maximum absolute atomic E-state index is 14.0. The summed E-state index contributed by atoms with van der Waals surface area (Å²) in [5.41, 5.74) is 2.69. The van der Waals surface area contributed by atoms with Gasteiger partial charge in [0.05, 0.1) is 10.2 Å². The molecule has 4 aliphatic rings. The minimum Gasteiger partial charge on any atom is -0.507 e. The Morgan fingerprint density at radius 1 is 0.920 bits per heavy atom. The van der Waals surface area contributed by atoms with Crippen LogP contribution in [0.1, 0.15) is 56.6 Å². The van der Waals surface area contributed by atoms with E-state index in [-0.39, 0.29) is 35.9 Å². The summed E-state index contributed by atoms with van der Waals surface area (Å²) in [7, 11) is -3.17. The lowest BCUT2D eigenvalue weighted by Gasteiger charge is -2.40. The van der Waals surface area contributed by atoms with Crippen molar-refractivity contribution in [3.8, 4) is 5.75 Å². The Kier molecular flexibility index (Phi) is 11.6. The number of carbonyl (C=O) groups excluding carboxylic acids is 3. The minimum absolute atomic E-state index is 0.00952. The van der Waals surface area contributed by atoms with Gasteiger partial charge in [-0.2, -0.15) is 0 Å². The van der Waals surface area contributed by atoms with Gasteiger partial charge in [-0.3, -0.25) is 4.79 Å². The van der Waals surface area contributed by atoms with Crippen molar-refractivity contribution in [3.05, 3.63) is 58.1 Å². The molecule has 50 heavy (non-hydrogen) atoms. The van der Waals surface area contributed by atoms with E-state index in [0.29, 0.717) is 75.0 Å². The topological polar surface area (TPSA) is 140 Å². The highest BCUT2D eigenvalue weighted by Crippen LogP contribution is 2.34. The first-order valence-electron chi connectivity index (χ1n) is 17.9. The molecule has 0 spiro atoms. The number of hydrogen-bond donors (Lipinski definition) is 2. The molecule has 272 valence electrons. The first-order valence-corrected chi connectivity index (χ1v) is 20.3. The molecule has 2 aromatic carbocycles. The number of rotatable bonds is 8. The van der Waals surface area contributed by atoms with E-state index in [1.54, 1.807) is 39.2 Å². The summed E-state index contributed by atoms with van der Waals surface area (Å²) in [5, 5.41) is 13.1. The molecule has 2 aromatic rings. The number of phenols is 1. The average molecular weight is 775 g/mol. The fourth-order valence-corrected chi connectivity index (χ4v) is 9.53. The van der Waals surface area contributed by atoms with E-state index in [4.69, 9.17) is 4.74 Å². The third-order valence-electron chi connectivity index (χ3n) is 11.0. The average Bonchev–Trinajstić information content (AvgIpc) is 3.30. The number of halogens is 1. The zero-order chi connectivity index (χ0) is 35.4. The van der Waals surface area contributed by atoms with Gasteiger partial charge in [-0.05, 0) is 109 Å². The Balaban J connectivity index is 1.05. The molecule has 3 fully saturated rings. The molecule has 3 saturated heterocycles. The van der Waals surface area contributed by atoms with Crippen molar-refractivity contribution >= 4 is 49.7 Å². The van der Waals surface area contributed by atoms with Crippen LogP contribution in [0.4, 0.5) is 15.3 Å². The van der Waals surface area contributed by atoms with Crippen LogP contribution in [0.3, 0.4) is 0 Å². The van der Waals surface area contributed by atoms with Gasteiger partial charge in [0.2, 0.25) is 10.0 Å². The van der Waals surface area contributed by atoms with Gasteiger partial charge in [-0.1, -0.05) is 24.3 Å². The Labute approximate surface area is 303 Å². The highest BCUT2D eigenvalue weighted by molar-refractivity contribution is 9.10. The number of urea groups is 1. The van der Waals surface area contributed by atoms with Gasteiger partial charge in [-0.15, -0.1) is 0 Å². The number of aromatic hydroxyl groups is 1. The van der Waals surface area contributed by atoms with Crippen molar-refractivity contribution in [1.82, 2.24) is 19.0 Å². The zero-order valence-electron chi connectivity index (χ0n) is 28.6. The number of carbonyl (C=O) groups is 3. The Bertz CT molecular complexity index is 1650. The van der Waals surface area contributed by atoms with E-state index in [0.717, 1.165) is 48.9 Å². The first-order chi connectivity index (χ1) is 24.0. The molecule has 4 heterocycles. The van der Waals surface area contributed by atoms with Crippen molar-refractivity contribution in [1.29, 1.82) is 0 Å². The molecule has 0 unspecified atom stereocenters. The Hall–Kier alpha value is -3.36. The van der Waals surface area contributed by atoms with Crippen LogP contribution in [0.25, 0.3) is 0 Å². The number of piperidine rings is 3. The monoisotopic (exact) mass is 773 g/mol. The fourth-order valence-electron chi connectivity index (χ4n) is 7.97. The molecule has 6 rings (SSSR count). The summed E-state index contributed by atoms with van der Waals surface area (Å²) < 4.78 is 32.7. The van der Waals surface area contributed by atoms with E-state index < -0.39 is 22.2 Å². The number of amides is 4. The largest absolute Gasteiger partial charge is 0.507 e. The third kappa shape index (κ3) is 8.39. The van der Waals surface area contributed by atoms with E-state index in [1.165, 1.54) is 0 Å². The summed E-state index contributed by atoms with van der Waals surface area (Å²) in [6.07, 6.45) is 3.88. The number of nitrogens with one attached hydrogen (secondary N) is 1. The SMILES string of the molecule is CCS(=O)(=O)N1CCC(C2CCN(C(=O)[C@@H](Cc3ccc(O)c(Br)c3)OC(=O)N3CCC(N4CCc5ccccc5NC4=O)CC3)CC2)CC1. The van der Waals surface area contributed by atoms with Gasteiger partial charge in [0, 0.05) is 64.0 Å². The zero-order valence-corrected chi connectivity index (χ0v) is 31.0. The van der Waals surface area contributed by atoms with Crippen LogP contribution < -0.4 is 5.32 Å². The molecule has 4 aliphatic heterocycles. The van der Waals surface area contributed by atoms with Crippen molar-refractivity contribution in [2.75, 3.05) is 56.9 Å². The van der Waals surface area contributed by atoms with Crippen LogP contribution in [-0.4, -0.2) is 114 Å². The number of sulfonamides is 1. The molecule has 0 aromatic heterocycles. The van der Waals surface area contributed by atoms with Crippen molar-refractivity contribution in [2.24, 2.45) is 11.8 Å². The van der Waals surface area contributed by atoms with Crippen LogP contribution >= 0.6 is 15.9 Å². The number of hydrogen-bond acceptors (Lipinski definition) is 7. The van der Waals surface area contributed by atoms with E-state index in [1.807, 2.05) is 29.2 Å². The molecule has 0 bridgehead atoms. The summed E-state index contributed by atoms with van der Waals surface area (Å²) in [4.78, 5) is 46.0. The lowest BCUT2D eigenvalue weighted by atomic mass is 9.79. The number of anilines is 1. The molecular formula is C36H48BrN5O7S. The summed E-state index contributed by atoms with van der Waals surface area (Å²) in [6, 6.07) is 12.7. The first kappa shape index (κ1) is 36.4. The van der Waals surface area contributed by atoms with Crippen molar-refractivity contribution in [3.63, 3.8) is 0 Å². The molecule has 14 heteroatoms. The number of likely N-dealkylation sites (tertiary alicyclic amines) is 2. The van der Waals surface area contributed by atoms with Crippen LogP contribution in [0.15, 0.2) is 46.9 Å². The van der Waals surface area contributed by atoms with Crippen molar-refractivity contribution in [2.45, 2.75) is 70.4 Å². The predicted octanol–water partition coefficient (Wildman–Crippen LogP) is 5.06. The third-order valence-corrected chi connectivity index (χ3v) is 13.5. The fraction of sp³-hybridized carbons (Fsp3) is 0.583. The van der Waals surface area contributed by atoms with Gasteiger partial charge < -0.3 is 29.9 Å². The molecule has 4 amide bonds. The lowest BCUT2D eigenvalue weighted by molar-refractivity contribution is -0.142. The van der Waals surface area contributed by atoms with Crippen molar-refractivity contribution < 1.29 is 32.6 Å². The minimum atomic E-state index is -3.17. The summed E-state index contributed by atoms with van der Waals surface area (Å²) >= 11 is 3.35. The second kappa shape index (κ2) is 15.9. The highest BCUT2D eigenvalue weighted by Gasteiger charge is 2.37. The molecular weight excluding hydrogens is 726 g/mol. The Morgan fingerprint density at radius 2 is 1.56 bits per heavy atom. The standard InChI is InChI=1S/C36H48BrN5O7S/c1-2-50(47,48)41-20-11-27(12-21-41)26-9-16-39(17-10-26)34(44)33(24-25-7-8-32(43)30(37)23-25)49-36(46)40-18-14-29(15-19-40)42-22-13-28-5-3-4-6-31(28)38-35(42)45/h3-8,23,26-27,29,33,43H,2,9-22,24H2,1H3,(H,38,45)/t33-/m1/s1. The van der Waals surface area contributed by atoms with Crippen LogP contribution in [0.5, 0.6) is 5.75 Å². The second-order valence-corrected chi connectivity index (χ2v) is 17.0. The summed E-state index contributed by atoms with van der Waals surface area (Å²) in [5.74, 6) is 0.814. The number of nitrogens with zero attached hydrogens (tertiary/aromatic N) is 4. The van der Waals surface area contributed by atoms with E-state index >= 15 is 0 Å². The molecule has 0 saturated carbocycles. The smallest absolute Gasteiger partial charge is 0.410 e. The molecule has 0 aliphatic carbocycles. The van der Waals surface area contributed by atoms with Gasteiger partial charge >= 0.3 is 12.1 Å². The number of fused-ring (bicyclic) bond motifs is 1. The molecule has 1 atom stereocenters. The second-order valence-electron chi connectivity index (χ2n) is 13.9. The molecule has 12 nitrogen and oxygen atoms in total. The van der Waals surface area contributed by atoms with Gasteiger partial charge in [0.1, 0.15) is 5.75 Å². The number of phenolic OH excluding ortho intramolecular Hbond substituents is 1.